The minimum Gasteiger partial charge on any atom is -0.494 e. The number of benzene rings is 4. The molecule has 1 aliphatic rings. The number of hydrogen-bond donors (Lipinski definition) is 0. The van der Waals surface area contributed by atoms with Crippen LogP contribution in [0.25, 0.3) is 33.2 Å². The standard InChI is InChI=1S/C37H34N4O4/c1-5-43-34-16-24(4)30(18-29(34)23(2)3)36-39-31-12-8-6-11-28(31)37(42)41(36)38-19-26-21-40(32-13-9-7-10-27(26)32)20-25-14-15-33-35(17-25)45-22-44-33/h6-19,21,23H,5,20,22H2,1-4H3. The average Bonchev–Trinajstić information content (AvgIpc) is 3.65. The van der Waals surface area contributed by atoms with E-state index in [2.05, 4.69) is 42.8 Å². The highest BCUT2D eigenvalue weighted by Gasteiger charge is 2.19. The van der Waals surface area contributed by atoms with E-state index >= 15 is 0 Å². The average molecular weight is 599 g/mol. The molecule has 0 radical (unpaired) electrons. The molecule has 0 atom stereocenters. The van der Waals surface area contributed by atoms with Crippen molar-refractivity contribution in [2.24, 2.45) is 5.10 Å². The summed E-state index contributed by atoms with van der Waals surface area (Å²) < 4.78 is 20.7. The van der Waals surface area contributed by atoms with Crippen molar-refractivity contribution in [2.45, 2.75) is 40.2 Å². The molecular formula is C37H34N4O4. The zero-order chi connectivity index (χ0) is 31.1. The predicted molar refractivity (Wildman–Crippen MR) is 178 cm³/mol. The molecule has 0 fully saturated rings. The van der Waals surface area contributed by atoms with E-state index in [1.807, 2.05) is 68.4 Å². The molecule has 0 N–H and O–H groups in total. The van der Waals surface area contributed by atoms with Gasteiger partial charge in [0.2, 0.25) is 6.79 Å². The Balaban J connectivity index is 1.35. The molecule has 0 aliphatic carbocycles. The lowest BCUT2D eigenvalue weighted by Crippen LogP contribution is -2.20. The van der Waals surface area contributed by atoms with E-state index < -0.39 is 0 Å². The van der Waals surface area contributed by atoms with Gasteiger partial charge in [0.05, 0.1) is 23.7 Å². The first-order chi connectivity index (χ1) is 21.9. The van der Waals surface area contributed by atoms with Gasteiger partial charge in [-0.3, -0.25) is 4.79 Å². The van der Waals surface area contributed by atoms with Gasteiger partial charge in [-0.25, -0.2) is 4.98 Å². The van der Waals surface area contributed by atoms with Crippen molar-refractivity contribution < 1.29 is 14.2 Å². The molecule has 0 spiro atoms. The SMILES string of the molecule is CCOc1cc(C)c(-c2nc3ccccc3c(=O)n2N=Cc2cn(Cc3ccc4c(c3)OCO4)c3ccccc23)cc1C(C)C. The normalized spacial score (nSPS) is 12.6. The van der Waals surface area contributed by atoms with Crippen LogP contribution in [-0.4, -0.2) is 33.8 Å². The molecule has 3 heterocycles. The lowest BCUT2D eigenvalue weighted by molar-refractivity contribution is 0.174. The van der Waals surface area contributed by atoms with Crippen molar-refractivity contribution in [3.63, 3.8) is 0 Å². The molecule has 0 saturated carbocycles. The summed E-state index contributed by atoms with van der Waals surface area (Å²) in [5.41, 5.74) is 6.30. The number of aromatic nitrogens is 3. The quantitative estimate of drug-likeness (QED) is 0.170. The van der Waals surface area contributed by atoms with E-state index in [1.165, 1.54) is 4.68 Å². The molecule has 6 aromatic rings. The Morgan fingerprint density at radius 2 is 1.76 bits per heavy atom. The second kappa shape index (κ2) is 11.6. The van der Waals surface area contributed by atoms with Gasteiger partial charge < -0.3 is 18.8 Å². The highest BCUT2D eigenvalue weighted by Crippen LogP contribution is 2.35. The summed E-state index contributed by atoms with van der Waals surface area (Å²) in [4.78, 5) is 19.0. The molecule has 0 unspecified atom stereocenters. The highest BCUT2D eigenvalue weighted by atomic mass is 16.7. The van der Waals surface area contributed by atoms with E-state index in [4.69, 9.17) is 24.3 Å². The van der Waals surface area contributed by atoms with Gasteiger partial charge in [0.15, 0.2) is 17.3 Å². The zero-order valence-corrected chi connectivity index (χ0v) is 25.8. The van der Waals surface area contributed by atoms with Gasteiger partial charge in [0.1, 0.15) is 5.75 Å². The Morgan fingerprint density at radius 3 is 2.58 bits per heavy atom. The molecule has 0 bridgehead atoms. The van der Waals surface area contributed by atoms with Crippen LogP contribution in [0.4, 0.5) is 0 Å². The number of nitrogens with zero attached hydrogens (tertiary/aromatic N) is 4. The van der Waals surface area contributed by atoms with Crippen molar-refractivity contribution in [3.8, 4) is 28.6 Å². The largest absolute Gasteiger partial charge is 0.494 e. The molecule has 8 heteroatoms. The second-order valence-corrected chi connectivity index (χ2v) is 11.5. The minimum absolute atomic E-state index is 0.214. The third-order valence-corrected chi connectivity index (χ3v) is 8.19. The summed E-state index contributed by atoms with van der Waals surface area (Å²) in [5.74, 6) is 3.07. The van der Waals surface area contributed by atoms with Crippen LogP contribution in [0.5, 0.6) is 17.2 Å². The van der Waals surface area contributed by atoms with E-state index in [0.29, 0.717) is 29.9 Å². The van der Waals surface area contributed by atoms with Gasteiger partial charge in [0, 0.05) is 34.8 Å². The van der Waals surface area contributed by atoms with Crippen LogP contribution in [-0.2, 0) is 6.54 Å². The molecule has 226 valence electrons. The third kappa shape index (κ3) is 5.22. The lowest BCUT2D eigenvalue weighted by Gasteiger charge is -2.18. The van der Waals surface area contributed by atoms with Crippen molar-refractivity contribution in [2.75, 3.05) is 13.4 Å². The number of para-hydroxylation sites is 2. The number of rotatable bonds is 8. The summed E-state index contributed by atoms with van der Waals surface area (Å²) in [7, 11) is 0. The molecule has 4 aromatic carbocycles. The Bertz CT molecular complexity index is 2160. The Labute approximate surface area is 261 Å². The molecule has 45 heavy (non-hydrogen) atoms. The van der Waals surface area contributed by atoms with Gasteiger partial charge in [0.25, 0.3) is 5.56 Å². The Hall–Kier alpha value is -5.37. The number of hydrogen-bond acceptors (Lipinski definition) is 6. The van der Waals surface area contributed by atoms with Gasteiger partial charge in [-0.05, 0) is 78.9 Å². The molecule has 7 rings (SSSR count). The summed E-state index contributed by atoms with van der Waals surface area (Å²) in [6.07, 6.45) is 3.82. The van der Waals surface area contributed by atoms with Crippen molar-refractivity contribution in [3.05, 3.63) is 118 Å². The number of ether oxygens (including phenoxy) is 3. The van der Waals surface area contributed by atoms with Crippen LogP contribution in [0.15, 0.2) is 95.0 Å². The van der Waals surface area contributed by atoms with Gasteiger partial charge in [-0.1, -0.05) is 50.2 Å². The Morgan fingerprint density at radius 1 is 0.978 bits per heavy atom. The van der Waals surface area contributed by atoms with Crippen molar-refractivity contribution in [1.82, 2.24) is 14.2 Å². The number of aryl methyl sites for hydroxylation is 1. The molecule has 0 saturated heterocycles. The van der Waals surface area contributed by atoms with Crippen LogP contribution in [0.2, 0.25) is 0 Å². The zero-order valence-electron chi connectivity index (χ0n) is 25.8. The van der Waals surface area contributed by atoms with Crippen molar-refractivity contribution >= 4 is 28.0 Å². The van der Waals surface area contributed by atoms with Gasteiger partial charge >= 0.3 is 0 Å². The summed E-state index contributed by atoms with van der Waals surface area (Å²) in [6.45, 7) is 9.72. The van der Waals surface area contributed by atoms with Crippen molar-refractivity contribution in [1.29, 1.82) is 0 Å². The molecule has 2 aromatic heterocycles. The maximum atomic E-state index is 14.0. The fourth-order valence-electron chi connectivity index (χ4n) is 5.94. The molecule has 8 nitrogen and oxygen atoms in total. The van der Waals surface area contributed by atoms with Crippen LogP contribution in [0, 0.1) is 6.92 Å². The monoisotopic (exact) mass is 598 g/mol. The van der Waals surface area contributed by atoms with E-state index in [-0.39, 0.29) is 18.3 Å². The Kier molecular flexibility index (Phi) is 7.33. The fourth-order valence-corrected chi connectivity index (χ4v) is 5.94. The summed E-state index contributed by atoms with van der Waals surface area (Å²) in [5, 5.41) is 6.37. The van der Waals surface area contributed by atoms with Crippen LogP contribution >= 0.6 is 0 Å². The second-order valence-electron chi connectivity index (χ2n) is 11.5. The van der Waals surface area contributed by atoms with Gasteiger partial charge in [-0.15, -0.1) is 0 Å². The topological polar surface area (TPSA) is 79.9 Å². The summed E-state index contributed by atoms with van der Waals surface area (Å²) >= 11 is 0. The smallest absolute Gasteiger partial charge is 0.282 e. The van der Waals surface area contributed by atoms with Crippen LogP contribution < -0.4 is 19.8 Å². The molecular weight excluding hydrogens is 564 g/mol. The molecule has 1 aliphatic heterocycles. The lowest BCUT2D eigenvalue weighted by atomic mass is 9.96. The minimum atomic E-state index is -0.227. The van der Waals surface area contributed by atoms with Crippen LogP contribution in [0.1, 0.15) is 48.9 Å². The predicted octanol–water partition coefficient (Wildman–Crippen LogP) is 7.51. The van der Waals surface area contributed by atoms with Crippen LogP contribution in [0.3, 0.4) is 0 Å². The fraction of sp³-hybridized carbons (Fsp3) is 0.216. The highest BCUT2D eigenvalue weighted by molar-refractivity contribution is 5.99. The number of fused-ring (bicyclic) bond motifs is 3. The maximum Gasteiger partial charge on any atom is 0.282 e. The third-order valence-electron chi connectivity index (χ3n) is 8.19. The summed E-state index contributed by atoms with van der Waals surface area (Å²) in [6, 6.07) is 25.7. The first-order valence-electron chi connectivity index (χ1n) is 15.2. The first-order valence-corrected chi connectivity index (χ1v) is 15.2. The van der Waals surface area contributed by atoms with Gasteiger partial charge in [-0.2, -0.15) is 9.78 Å². The van der Waals surface area contributed by atoms with E-state index in [9.17, 15) is 4.79 Å². The first kappa shape index (κ1) is 28.4. The van der Waals surface area contributed by atoms with E-state index in [0.717, 1.165) is 56.0 Å². The van der Waals surface area contributed by atoms with E-state index in [1.54, 1.807) is 12.3 Å². The maximum absolute atomic E-state index is 14.0. The molecule has 0 amide bonds.